The van der Waals surface area contributed by atoms with Gasteiger partial charge in [0, 0.05) is 11.4 Å². The second kappa shape index (κ2) is 7.46. The first-order valence-electron chi connectivity index (χ1n) is 7.97. The number of hydrogen-bond donors (Lipinski definition) is 2. The molecule has 2 aromatic carbocycles. The van der Waals surface area contributed by atoms with Crippen molar-refractivity contribution < 1.29 is 14.3 Å². The summed E-state index contributed by atoms with van der Waals surface area (Å²) in [6, 6.07) is 13.5. The Morgan fingerprint density at radius 1 is 1.08 bits per heavy atom. The SMILES string of the molecule is COc1ccc(NC(=O)C2CC2C(=O)Nc2ccc(C#N)cc2)cc1Cl. The number of anilines is 2. The number of nitrogens with one attached hydrogen (secondary N) is 2. The summed E-state index contributed by atoms with van der Waals surface area (Å²) < 4.78 is 5.07. The Bertz CT molecular complexity index is 890. The highest BCUT2D eigenvalue weighted by atomic mass is 35.5. The number of nitriles is 1. The van der Waals surface area contributed by atoms with E-state index in [0.717, 1.165) is 0 Å². The molecule has 2 atom stereocenters. The standard InChI is InChI=1S/C19H16ClN3O3/c1-26-17-7-6-13(8-16(17)20)23-19(25)15-9-14(15)18(24)22-12-4-2-11(10-21)3-5-12/h2-8,14-15H,9H2,1H3,(H,22,24)(H,23,25). The lowest BCUT2D eigenvalue weighted by atomic mass is 10.2. The van der Waals surface area contributed by atoms with Crippen LogP contribution in [0.2, 0.25) is 5.02 Å². The van der Waals surface area contributed by atoms with Gasteiger partial charge in [0.15, 0.2) is 0 Å². The van der Waals surface area contributed by atoms with Gasteiger partial charge in [0.1, 0.15) is 5.75 Å². The molecular formula is C19H16ClN3O3. The van der Waals surface area contributed by atoms with Crippen LogP contribution < -0.4 is 15.4 Å². The first kappa shape index (κ1) is 17.8. The van der Waals surface area contributed by atoms with E-state index >= 15 is 0 Å². The van der Waals surface area contributed by atoms with Crippen molar-refractivity contribution in [2.75, 3.05) is 17.7 Å². The Labute approximate surface area is 155 Å². The third kappa shape index (κ3) is 3.95. The van der Waals surface area contributed by atoms with Crippen molar-refractivity contribution >= 4 is 34.8 Å². The van der Waals surface area contributed by atoms with Crippen molar-refractivity contribution in [3.63, 3.8) is 0 Å². The van der Waals surface area contributed by atoms with Crippen molar-refractivity contribution in [2.24, 2.45) is 11.8 Å². The number of ether oxygens (including phenoxy) is 1. The molecular weight excluding hydrogens is 354 g/mol. The van der Waals surface area contributed by atoms with Crippen LogP contribution in [0.15, 0.2) is 42.5 Å². The van der Waals surface area contributed by atoms with Gasteiger partial charge in [-0.1, -0.05) is 11.6 Å². The number of carbonyl (C=O) groups is 2. The molecule has 1 aliphatic rings. The monoisotopic (exact) mass is 369 g/mol. The molecule has 1 saturated carbocycles. The summed E-state index contributed by atoms with van der Waals surface area (Å²) in [6.45, 7) is 0. The number of hydrogen-bond acceptors (Lipinski definition) is 4. The Morgan fingerprint density at radius 3 is 2.19 bits per heavy atom. The maximum absolute atomic E-state index is 12.3. The molecule has 26 heavy (non-hydrogen) atoms. The fourth-order valence-electron chi connectivity index (χ4n) is 2.62. The summed E-state index contributed by atoms with van der Waals surface area (Å²) in [5.74, 6) is -0.627. The maximum Gasteiger partial charge on any atom is 0.228 e. The van der Waals surface area contributed by atoms with Crippen LogP contribution in [0.4, 0.5) is 11.4 Å². The van der Waals surface area contributed by atoms with E-state index in [1.54, 1.807) is 42.5 Å². The van der Waals surface area contributed by atoms with Gasteiger partial charge in [-0.25, -0.2) is 0 Å². The first-order valence-corrected chi connectivity index (χ1v) is 8.35. The van der Waals surface area contributed by atoms with E-state index in [1.165, 1.54) is 7.11 Å². The maximum atomic E-state index is 12.3. The molecule has 1 fully saturated rings. The molecule has 2 aromatic rings. The minimum absolute atomic E-state index is 0.206. The summed E-state index contributed by atoms with van der Waals surface area (Å²) in [7, 11) is 1.51. The van der Waals surface area contributed by atoms with Gasteiger partial charge >= 0.3 is 0 Å². The molecule has 0 radical (unpaired) electrons. The number of carbonyl (C=O) groups excluding carboxylic acids is 2. The molecule has 1 aliphatic carbocycles. The van der Waals surface area contributed by atoms with Gasteiger partial charge in [-0.3, -0.25) is 9.59 Å². The first-order chi connectivity index (χ1) is 12.5. The van der Waals surface area contributed by atoms with Gasteiger partial charge in [0.25, 0.3) is 0 Å². The van der Waals surface area contributed by atoms with E-state index in [-0.39, 0.29) is 23.7 Å². The van der Waals surface area contributed by atoms with Crippen LogP contribution in [0.25, 0.3) is 0 Å². The zero-order valence-corrected chi connectivity index (χ0v) is 14.7. The lowest BCUT2D eigenvalue weighted by Crippen LogP contribution is -2.20. The number of rotatable bonds is 5. The number of methoxy groups -OCH3 is 1. The lowest BCUT2D eigenvalue weighted by Gasteiger charge is -2.08. The minimum atomic E-state index is -0.366. The average Bonchev–Trinajstić information content (AvgIpc) is 3.43. The van der Waals surface area contributed by atoms with Gasteiger partial charge in [0.2, 0.25) is 11.8 Å². The number of benzene rings is 2. The van der Waals surface area contributed by atoms with Crippen LogP contribution >= 0.6 is 11.6 Å². The molecule has 7 heteroatoms. The summed E-state index contributed by atoms with van der Waals surface area (Å²) in [6.07, 6.45) is 0.498. The fraction of sp³-hybridized carbons (Fsp3) is 0.211. The summed E-state index contributed by atoms with van der Waals surface area (Å²) in [5, 5.41) is 14.7. The molecule has 2 unspecified atom stereocenters. The zero-order chi connectivity index (χ0) is 18.7. The predicted octanol–water partition coefficient (Wildman–Crippen LogP) is 3.43. The second-order valence-corrected chi connectivity index (χ2v) is 6.37. The molecule has 2 N–H and O–H groups in total. The molecule has 2 amide bonds. The third-order valence-electron chi connectivity index (χ3n) is 4.16. The van der Waals surface area contributed by atoms with E-state index < -0.39 is 0 Å². The molecule has 3 rings (SSSR count). The van der Waals surface area contributed by atoms with Crippen LogP contribution in [0.3, 0.4) is 0 Å². The molecule has 0 aliphatic heterocycles. The Hall–Kier alpha value is -3.04. The van der Waals surface area contributed by atoms with E-state index in [0.29, 0.717) is 34.1 Å². The highest BCUT2D eigenvalue weighted by molar-refractivity contribution is 6.32. The zero-order valence-electron chi connectivity index (χ0n) is 14.0. The van der Waals surface area contributed by atoms with Crippen LogP contribution in [0, 0.1) is 23.2 Å². The predicted molar refractivity (Wildman–Crippen MR) is 98.0 cm³/mol. The number of nitrogens with zero attached hydrogens (tertiary/aromatic N) is 1. The lowest BCUT2D eigenvalue weighted by molar-refractivity contribution is -0.122. The van der Waals surface area contributed by atoms with Crippen molar-refractivity contribution in [1.29, 1.82) is 5.26 Å². The summed E-state index contributed by atoms with van der Waals surface area (Å²) >= 11 is 6.04. The van der Waals surface area contributed by atoms with Crippen LogP contribution in [0.1, 0.15) is 12.0 Å². The molecule has 0 bridgehead atoms. The van der Waals surface area contributed by atoms with Gasteiger partial charge < -0.3 is 15.4 Å². The number of halogens is 1. The summed E-state index contributed by atoms with van der Waals surface area (Å²) in [5.41, 5.74) is 1.67. The van der Waals surface area contributed by atoms with E-state index in [2.05, 4.69) is 10.6 Å². The second-order valence-electron chi connectivity index (χ2n) is 5.97. The quantitative estimate of drug-likeness (QED) is 0.844. The minimum Gasteiger partial charge on any atom is -0.495 e. The summed E-state index contributed by atoms with van der Waals surface area (Å²) in [4.78, 5) is 24.5. The van der Waals surface area contributed by atoms with E-state index in [4.69, 9.17) is 21.6 Å². The fourth-order valence-corrected chi connectivity index (χ4v) is 2.87. The van der Waals surface area contributed by atoms with Crippen molar-refractivity contribution in [2.45, 2.75) is 6.42 Å². The van der Waals surface area contributed by atoms with Gasteiger partial charge in [-0.15, -0.1) is 0 Å². The van der Waals surface area contributed by atoms with Gasteiger partial charge in [0.05, 0.1) is 35.6 Å². The Morgan fingerprint density at radius 2 is 1.65 bits per heavy atom. The van der Waals surface area contributed by atoms with E-state index in [9.17, 15) is 9.59 Å². The Kier molecular flexibility index (Phi) is 5.10. The molecule has 6 nitrogen and oxygen atoms in total. The average molecular weight is 370 g/mol. The third-order valence-corrected chi connectivity index (χ3v) is 4.46. The smallest absolute Gasteiger partial charge is 0.228 e. The van der Waals surface area contributed by atoms with Crippen LogP contribution in [-0.2, 0) is 9.59 Å². The van der Waals surface area contributed by atoms with Crippen LogP contribution in [-0.4, -0.2) is 18.9 Å². The van der Waals surface area contributed by atoms with E-state index in [1.807, 2.05) is 6.07 Å². The van der Waals surface area contributed by atoms with Crippen LogP contribution in [0.5, 0.6) is 5.75 Å². The molecule has 0 heterocycles. The molecule has 0 aromatic heterocycles. The largest absolute Gasteiger partial charge is 0.495 e. The Balaban J connectivity index is 1.55. The van der Waals surface area contributed by atoms with Gasteiger partial charge in [-0.05, 0) is 48.9 Å². The van der Waals surface area contributed by atoms with Gasteiger partial charge in [-0.2, -0.15) is 5.26 Å². The normalized spacial score (nSPS) is 17.7. The van der Waals surface area contributed by atoms with Crippen molar-refractivity contribution in [1.82, 2.24) is 0 Å². The topological polar surface area (TPSA) is 91.2 Å². The number of amides is 2. The van der Waals surface area contributed by atoms with Crippen molar-refractivity contribution in [3.05, 3.63) is 53.1 Å². The van der Waals surface area contributed by atoms with Crippen molar-refractivity contribution in [3.8, 4) is 11.8 Å². The molecule has 132 valence electrons. The molecule has 0 spiro atoms. The highest BCUT2D eigenvalue weighted by Crippen LogP contribution is 2.40. The molecule has 0 saturated heterocycles. The highest BCUT2D eigenvalue weighted by Gasteiger charge is 2.48.